The predicted molar refractivity (Wildman–Crippen MR) is 72.0 cm³/mol. The number of hydrogen-bond acceptors (Lipinski definition) is 4. The van der Waals surface area contributed by atoms with Crippen molar-refractivity contribution in [3.8, 4) is 0 Å². The summed E-state index contributed by atoms with van der Waals surface area (Å²) in [6, 6.07) is 7.83. The molecule has 0 unspecified atom stereocenters. The van der Waals surface area contributed by atoms with E-state index in [1.165, 1.54) is 0 Å². The van der Waals surface area contributed by atoms with Crippen LogP contribution in [0.4, 0.5) is 5.82 Å². The molecule has 2 aromatic rings. The Balaban J connectivity index is 2.09. The fourth-order valence-electron chi connectivity index (χ4n) is 2.44. The smallest absolute Gasteiger partial charge is 0.159 e. The summed E-state index contributed by atoms with van der Waals surface area (Å²) in [6.45, 7) is 1.51. The van der Waals surface area contributed by atoms with Crippen LogP contribution in [-0.2, 0) is 0 Å². The Labute approximate surface area is 110 Å². The Kier molecular flexibility index (Phi) is 3.06. The topological polar surface area (TPSA) is 49.2 Å². The van der Waals surface area contributed by atoms with Gasteiger partial charge in [0.1, 0.15) is 0 Å². The maximum atomic E-state index is 9.75. The first-order chi connectivity index (χ1) is 8.75. The molecule has 2 heterocycles. The number of β-amino-alcohol motifs (C(OH)–C–C–N with tert-alkyl or cyclic N) is 1. The van der Waals surface area contributed by atoms with Crippen LogP contribution in [-0.4, -0.2) is 34.5 Å². The van der Waals surface area contributed by atoms with Crippen LogP contribution in [0.1, 0.15) is 12.8 Å². The van der Waals surface area contributed by atoms with Crippen molar-refractivity contribution >= 4 is 28.2 Å². The first kappa shape index (κ1) is 11.7. The molecule has 1 aliphatic heterocycles. The molecule has 4 nitrogen and oxygen atoms in total. The molecule has 94 valence electrons. The maximum Gasteiger partial charge on any atom is 0.159 e. The van der Waals surface area contributed by atoms with Crippen molar-refractivity contribution in [3.63, 3.8) is 0 Å². The first-order valence-electron chi connectivity index (χ1n) is 6.09. The van der Waals surface area contributed by atoms with Crippen LogP contribution < -0.4 is 4.90 Å². The number of hydrogen-bond donors (Lipinski definition) is 1. The van der Waals surface area contributed by atoms with Gasteiger partial charge in [-0.25, -0.2) is 0 Å². The van der Waals surface area contributed by atoms with Crippen LogP contribution in [0.2, 0.25) is 5.15 Å². The lowest BCUT2D eigenvalue weighted by atomic mass is 10.1. The number of rotatable bonds is 1. The molecule has 1 saturated heterocycles. The van der Waals surface area contributed by atoms with Crippen LogP contribution >= 0.6 is 11.6 Å². The van der Waals surface area contributed by atoms with E-state index < -0.39 is 0 Å². The van der Waals surface area contributed by atoms with Crippen LogP contribution in [0.15, 0.2) is 24.3 Å². The van der Waals surface area contributed by atoms with Gasteiger partial charge in [0.2, 0.25) is 0 Å². The fraction of sp³-hybridized carbons (Fsp3) is 0.385. The number of benzene rings is 1. The van der Waals surface area contributed by atoms with Gasteiger partial charge in [0.15, 0.2) is 11.0 Å². The normalized spacial score (nSPS) is 20.3. The molecule has 1 N–H and O–H groups in total. The van der Waals surface area contributed by atoms with E-state index in [-0.39, 0.29) is 6.10 Å². The summed E-state index contributed by atoms with van der Waals surface area (Å²) in [7, 11) is 0. The molecule has 1 aromatic heterocycles. The molecule has 5 heteroatoms. The van der Waals surface area contributed by atoms with Crippen LogP contribution in [0.25, 0.3) is 10.8 Å². The number of piperidine rings is 1. The van der Waals surface area contributed by atoms with Crippen molar-refractivity contribution in [1.29, 1.82) is 0 Å². The molecular formula is C13H14ClN3O. The van der Waals surface area contributed by atoms with Gasteiger partial charge in [0.05, 0.1) is 6.10 Å². The second-order valence-electron chi connectivity index (χ2n) is 4.60. The zero-order valence-corrected chi connectivity index (χ0v) is 10.6. The largest absolute Gasteiger partial charge is 0.391 e. The third-order valence-corrected chi connectivity index (χ3v) is 3.60. The lowest BCUT2D eigenvalue weighted by Gasteiger charge is -2.31. The average molecular weight is 264 g/mol. The Morgan fingerprint density at radius 1 is 1.22 bits per heavy atom. The molecule has 0 bridgehead atoms. The standard InChI is InChI=1S/C13H14ClN3O/c14-12-10-5-1-2-6-11(10)13(16-15-12)17-7-3-4-9(18)8-17/h1-2,5-6,9,18H,3-4,7-8H2/t9-/m1/s1. The van der Waals surface area contributed by atoms with Gasteiger partial charge in [0, 0.05) is 23.9 Å². The minimum absolute atomic E-state index is 0.282. The summed E-state index contributed by atoms with van der Waals surface area (Å²) in [5.74, 6) is 0.814. The Morgan fingerprint density at radius 2 is 2.00 bits per heavy atom. The molecule has 0 radical (unpaired) electrons. The lowest BCUT2D eigenvalue weighted by molar-refractivity contribution is 0.154. The molecule has 1 fully saturated rings. The lowest BCUT2D eigenvalue weighted by Crippen LogP contribution is -2.38. The molecule has 1 aromatic carbocycles. The van der Waals surface area contributed by atoms with E-state index in [0.717, 1.165) is 36.0 Å². The second-order valence-corrected chi connectivity index (χ2v) is 4.96. The second kappa shape index (κ2) is 4.71. The van der Waals surface area contributed by atoms with Gasteiger partial charge in [0.25, 0.3) is 0 Å². The Hall–Kier alpha value is -1.39. The number of nitrogens with zero attached hydrogens (tertiary/aromatic N) is 3. The summed E-state index contributed by atoms with van der Waals surface area (Å²) in [5.41, 5.74) is 0. The van der Waals surface area contributed by atoms with E-state index in [0.29, 0.717) is 11.7 Å². The van der Waals surface area contributed by atoms with Crippen molar-refractivity contribution < 1.29 is 5.11 Å². The number of aliphatic hydroxyl groups is 1. The summed E-state index contributed by atoms with van der Waals surface area (Å²) in [4.78, 5) is 2.08. The van der Waals surface area contributed by atoms with Crippen molar-refractivity contribution in [3.05, 3.63) is 29.4 Å². The third kappa shape index (κ3) is 2.02. The summed E-state index contributed by atoms with van der Waals surface area (Å²) < 4.78 is 0. The van der Waals surface area contributed by atoms with Crippen LogP contribution in [0.5, 0.6) is 0 Å². The highest BCUT2D eigenvalue weighted by molar-refractivity contribution is 6.34. The monoisotopic (exact) mass is 263 g/mol. The van der Waals surface area contributed by atoms with Crippen LogP contribution in [0, 0.1) is 0 Å². The molecule has 18 heavy (non-hydrogen) atoms. The number of anilines is 1. The number of aliphatic hydroxyl groups excluding tert-OH is 1. The highest BCUT2D eigenvalue weighted by Gasteiger charge is 2.21. The predicted octanol–water partition coefficient (Wildman–Crippen LogP) is 2.24. The first-order valence-corrected chi connectivity index (χ1v) is 6.47. The molecule has 3 rings (SSSR count). The highest BCUT2D eigenvalue weighted by Crippen LogP contribution is 2.29. The zero-order chi connectivity index (χ0) is 12.5. The van der Waals surface area contributed by atoms with E-state index in [9.17, 15) is 5.11 Å². The summed E-state index contributed by atoms with van der Waals surface area (Å²) in [5, 5.41) is 20.3. The third-order valence-electron chi connectivity index (χ3n) is 3.32. The summed E-state index contributed by atoms with van der Waals surface area (Å²) in [6.07, 6.45) is 1.55. The van der Waals surface area contributed by atoms with E-state index >= 15 is 0 Å². The van der Waals surface area contributed by atoms with E-state index in [1.807, 2.05) is 24.3 Å². The minimum Gasteiger partial charge on any atom is -0.391 e. The molecular weight excluding hydrogens is 250 g/mol. The molecule has 0 spiro atoms. The quantitative estimate of drug-likeness (QED) is 0.857. The van der Waals surface area contributed by atoms with E-state index in [1.54, 1.807) is 0 Å². The fourth-order valence-corrected chi connectivity index (χ4v) is 2.64. The van der Waals surface area contributed by atoms with E-state index in [4.69, 9.17) is 11.6 Å². The summed E-state index contributed by atoms with van der Waals surface area (Å²) >= 11 is 6.06. The SMILES string of the molecule is O[C@@H]1CCCN(c2nnc(Cl)c3ccccc23)C1. The molecule has 0 amide bonds. The number of halogens is 1. The van der Waals surface area contributed by atoms with Crippen molar-refractivity contribution in [2.24, 2.45) is 0 Å². The number of fused-ring (bicyclic) bond motifs is 1. The van der Waals surface area contributed by atoms with Gasteiger partial charge in [-0.3, -0.25) is 0 Å². The van der Waals surface area contributed by atoms with Gasteiger partial charge in [-0.1, -0.05) is 35.9 Å². The molecule has 1 aliphatic rings. The van der Waals surface area contributed by atoms with Gasteiger partial charge in [-0.05, 0) is 12.8 Å². The van der Waals surface area contributed by atoms with Crippen molar-refractivity contribution in [2.75, 3.05) is 18.0 Å². The highest BCUT2D eigenvalue weighted by atomic mass is 35.5. The molecule has 1 atom stereocenters. The van der Waals surface area contributed by atoms with Crippen LogP contribution in [0.3, 0.4) is 0 Å². The average Bonchev–Trinajstić information content (AvgIpc) is 2.39. The minimum atomic E-state index is -0.282. The van der Waals surface area contributed by atoms with Crippen molar-refractivity contribution in [2.45, 2.75) is 18.9 Å². The molecule has 0 aliphatic carbocycles. The van der Waals surface area contributed by atoms with Gasteiger partial charge in [-0.15, -0.1) is 10.2 Å². The molecule has 0 saturated carbocycles. The maximum absolute atomic E-state index is 9.75. The van der Waals surface area contributed by atoms with Gasteiger partial charge >= 0.3 is 0 Å². The van der Waals surface area contributed by atoms with Crippen molar-refractivity contribution in [1.82, 2.24) is 10.2 Å². The van der Waals surface area contributed by atoms with Gasteiger partial charge < -0.3 is 10.0 Å². The Bertz CT molecular complexity index is 575. The number of aromatic nitrogens is 2. The Morgan fingerprint density at radius 3 is 2.78 bits per heavy atom. The van der Waals surface area contributed by atoms with Gasteiger partial charge in [-0.2, -0.15) is 0 Å². The zero-order valence-electron chi connectivity index (χ0n) is 9.88. The van der Waals surface area contributed by atoms with E-state index in [2.05, 4.69) is 15.1 Å².